The van der Waals surface area contributed by atoms with Gasteiger partial charge in [0.2, 0.25) is 0 Å². The maximum atomic E-state index is 10.4. The van der Waals surface area contributed by atoms with Crippen molar-refractivity contribution >= 4 is 29.2 Å². The van der Waals surface area contributed by atoms with Gasteiger partial charge in [0.05, 0.1) is 12.2 Å². The van der Waals surface area contributed by atoms with Gasteiger partial charge in [-0.15, -0.1) is 5.10 Å². The number of aliphatic carboxylic acids is 1. The lowest BCUT2D eigenvalue weighted by atomic mass is 10.1. The molecule has 7 heteroatoms. The smallest absolute Gasteiger partial charge is 0.303 e. The molecule has 1 N–H and O–H groups in total. The van der Waals surface area contributed by atoms with Crippen LogP contribution in [-0.2, 0) is 17.8 Å². The highest BCUT2D eigenvalue weighted by atomic mass is 35.5. The van der Waals surface area contributed by atoms with Gasteiger partial charge in [0.15, 0.2) is 0 Å². The second-order valence-electron chi connectivity index (χ2n) is 4.74. The third-order valence-electron chi connectivity index (χ3n) is 3.01. The molecule has 0 radical (unpaired) electrons. The molecule has 1 aromatic carbocycles. The SMILES string of the molecule is O=C(O)CCCCc1cn(Cc2ccc(Cl)cc2Cl)nn1. The monoisotopic (exact) mass is 327 g/mol. The van der Waals surface area contributed by atoms with Crippen LogP contribution in [0.2, 0.25) is 10.0 Å². The number of halogens is 2. The Balaban J connectivity index is 1.89. The van der Waals surface area contributed by atoms with Crippen molar-refractivity contribution in [2.45, 2.75) is 32.2 Å². The summed E-state index contributed by atoms with van der Waals surface area (Å²) >= 11 is 12.0. The number of aryl methyl sites for hydroxylation is 1. The molecule has 5 nitrogen and oxygen atoms in total. The number of rotatable bonds is 7. The van der Waals surface area contributed by atoms with Crippen LogP contribution in [0.4, 0.5) is 0 Å². The lowest BCUT2D eigenvalue weighted by Crippen LogP contribution is -2.01. The molecule has 0 saturated heterocycles. The van der Waals surface area contributed by atoms with E-state index in [1.807, 2.05) is 12.3 Å². The molecule has 1 heterocycles. The fraction of sp³-hybridized carbons (Fsp3) is 0.357. The Bertz CT molecular complexity index is 628. The zero-order valence-electron chi connectivity index (χ0n) is 11.3. The molecular formula is C14H15Cl2N3O2. The number of nitrogens with zero attached hydrogens (tertiary/aromatic N) is 3. The second-order valence-corrected chi connectivity index (χ2v) is 5.59. The topological polar surface area (TPSA) is 68.0 Å². The van der Waals surface area contributed by atoms with E-state index in [4.69, 9.17) is 28.3 Å². The van der Waals surface area contributed by atoms with Crippen LogP contribution in [0.15, 0.2) is 24.4 Å². The first-order chi connectivity index (χ1) is 10.0. The van der Waals surface area contributed by atoms with E-state index >= 15 is 0 Å². The number of aromatic nitrogens is 3. The fourth-order valence-electron chi connectivity index (χ4n) is 1.94. The van der Waals surface area contributed by atoms with Gasteiger partial charge in [-0.3, -0.25) is 4.79 Å². The van der Waals surface area contributed by atoms with Gasteiger partial charge in [-0.25, -0.2) is 4.68 Å². The molecule has 0 unspecified atom stereocenters. The van der Waals surface area contributed by atoms with Gasteiger partial charge in [0, 0.05) is 22.7 Å². The van der Waals surface area contributed by atoms with Crippen molar-refractivity contribution in [1.29, 1.82) is 0 Å². The molecule has 112 valence electrons. The summed E-state index contributed by atoms with van der Waals surface area (Å²) in [6, 6.07) is 5.34. The van der Waals surface area contributed by atoms with Crippen molar-refractivity contribution < 1.29 is 9.90 Å². The summed E-state index contributed by atoms with van der Waals surface area (Å²) in [5.74, 6) is -0.768. The molecule has 2 rings (SSSR count). The number of carboxylic acids is 1. The van der Waals surface area contributed by atoms with Crippen molar-refractivity contribution in [2.75, 3.05) is 0 Å². The van der Waals surface area contributed by atoms with Gasteiger partial charge >= 0.3 is 5.97 Å². The zero-order chi connectivity index (χ0) is 15.2. The fourth-order valence-corrected chi connectivity index (χ4v) is 2.41. The Hall–Kier alpha value is -1.59. The molecule has 0 atom stereocenters. The van der Waals surface area contributed by atoms with Crippen molar-refractivity contribution in [1.82, 2.24) is 15.0 Å². The van der Waals surface area contributed by atoms with E-state index in [1.54, 1.807) is 16.8 Å². The van der Waals surface area contributed by atoms with Crippen LogP contribution in [0.1, 0.15) is 30.5 Å². The molecule has 21 heavy (non-hydrogen) atoms. The summed E-state index contributed by atoms with van der Waals surface area (Å²) in [6.07, 6.45) is 4.19. The zero-order valence-corrected chi connectivity index (χ0v) is 12.8. The minimum Gasteiger partial charge on any atom is -0.481 e. The molecule has 0 bridgehead atoms. The van der Waals surface area contributed by atoms with E-state index in [9.17, 15) is 4.79 Å². The average molecular weight is 328 g/mol. The molecule has 0 amide bonds. The molecule has 0 aliphatic heterocycles. The highest BCUT2D eigenvalue weighted by Crippen LogP contribution is 2.21. The first-order valence-electron chi connectivity index (χ1n) is 6.59. The molecular weight excluding hydrogens is 313 g/mol. The van der Waals surface area contributed by atoms with E-state index in [0.29, 0.717) is 23.0 Å². The third-order valence-corrected chi connectivity index (χ3v) is 3.59. The number of unbranched alkanes of at least 4 members (excludes halogenated alkanes) is 1. The van der Waals surface area contributed by atoms with Crippen LogP contribution < -0.4 is 0 Å². The summed E-state index contributed by atoms with van der Waals surface area (Å²) in [4.78, 5) is 10.4. The van der Waals surface area contributed by atoms with Crippen LogP contribution >= 0.6 is 23.2 Å². The third kappa shape index (κ3) is 5.02. The van der Waals surface area contributed by atoms with Gasteiger partial charge in [0.25, 0.3) is 0 Å². The number of carboxylic acid groups (broad SMARTS) is 1. The molecule has 0 saturated carbocycles. The molecule has 0 aliphatic rings. The van der Waals surface area contributed by atoms with E-state index in [1.165, 1.54) is 0 Å². The summed E-state index contributed by atoms with van der Waals surface area (Å²) in [5.41, 5.74) is 1.77. The van der Waals surface area contributed by atoms with Crippen LogP contribution in [-0.4, -0.2) is 26.1 Å². The van der Waals surface area contributed by atoms with Crippen LogP contribution in [0.5, 0.6) is 0 Å². The van der Waals surface area contributed by atoms with Gasteiger partial charge in [-0.1, -0.05) is 34.5 Å². The minimum absolute atomic E-state index is 0.189. The Labute approximate surface area is 132 Å². The number of benzene rings is 1. The van der Waals surface area contributed by atoms with Crippen LogP contribution in [0.3, 0.4) is 0 Å². The lowest BCUT2D eigenvalue weighted by Gasteiger charge is -2.04. The van der Waals surface area contributed by atoms with Gasteiger partial charge in [-0.2, -0.15) is 0 Å². The van der Waals surface area contributed by atoms with Crippen molar-refractivity contribution in [3.63, 3.8) is 0 Å². The summed E-state index contributed by atoms with van der Waals surface area (Å²) in [7, 11) is 0. The van der Waals surface area contributed by atoms with E-state index < -0.39 is 5.97 Å². The first kappa shape index (κ1) is 15.8. The first-order valence-corrected chi connectivity index (χ1v) is 7.35. The Morgan fingerprint density at radius 3 is 2.81 bits per heavy atom. The van der Waals surface area contributed by atoms with E-state index in [2.05, 4.69) is 10.3 Å². The lowest BCUT2D eigenvalue weighted by molar-refractivity contribution is -0.137. The van der Waals surface area contributed by atoms with Crippen molar-refractivity contribution in [3.8, 4) is 0 Å². The normalized spacial score (nSPS) is 10.8. The van der Waals surface area contributed by atoms with Gasteiger partial charge in [0.1, 0.15) is 0 Å². The summed E-state index contributed by atoms with van der Waals surface area (Å²) < 4.78 is 1.71. The molecule has 0 fully saturated rings. The predicted octanol–water partition coefficient (Wildman–Crippen LogP) is 3.43. The van der Waals surface area contributed by atoms with Crippen LogP contribution in [0, 0.1) is 0 Å². The average Bonchev–Trinajstić information content (AvgIpc) is 2.85. The highest BCUT2D eigenvalue weighted by Gasteiger charge is 2.06. The predicted molar refractivity (Wildman–Crippen MR) is 80.8 cm³/mol. The summed E-state index contributed by atoms with van der Waals surface area (Å²) in [6.45, 7) is 0.526. The summed E-state index contributed by atoms with van der Waals surface area (Å²) in [5, 5.41) is 17.9. The highest BCUT2D eigenvalue weighted by molar-refractivity contribution is 6.35. The second kappa shape index (κ2) is 7.43. The molecule has 2 aromatic rings. The van der Waals surface area contributed by atoms with Crippen molar-refractivity contribution in [2.24, 2.45) is 0 Å². The molecule has 0 aliphatic carbocycles. The van der Waals surface area contributed by atoms with E-state index in [0.717, 1.165) is 24.1 Å². The van der Waals surface area contributed by atoms with Gasteiger partial charge in [-0.05, 0) is 37.0 Å². The van der Waals surface area contributed by atoms with Crippen molar-refractivity contribution in [3.05, 3.63) is 45.7 Å². The maximum absolute atomic E-state index is 10.4. The number of carbonyl (C=O) groups is 1. The van der Waals surface area contributed by atoms with Crippen LogP contribution in [0.25, 0.3) is 0 Å². The number of hydrogen-bond donors (Lipinski definition) is 1. The minimum atomic E-state index is -0.768. The quantitative estimate of drug-likeness (QED) is 0.791. The van der Waals surface area contributed by atoms with E-state index in [-0.39, 0.29) is 6.42 Å². The Morgan fingerprint density at radius 1 is 1.29 bits per heavy atom. The Morgan fingerprint density at radius 2 is 2.10 bits per heavy atom. The largest absolute Gasteiger partial charge is 0.481 e. The Kier molecular flexibility index (Phi) is 5.59. The number of hydrogen-bond acceptors (Lipinski definition) is 3. The standard InChI is InChI=1S/C14H15Cl2N3O2/c15-11-6-5-10(13(16)7-11)8-19-9-12(17-18-19)3-1-2-4-14(20)21/h5-7,9H,1-4,8H2,(H,20,21). The maximum Gasteiger partial charge on any atom is 0.303 e. The molecule has 1 aromatic heterocycles. The van der Waals surface area contributed by atoms with Gasteiger partial charge < -0.3 is 5.11 Å². The molecule has 0 spiro atoms.